The number of nitrogens with zero attached hydrogens (tertiary/aromatic N) is 1. The molecule has 1 amide bonds. The summed E-state index contributed by atoms with van der Waals surface area (Å²) in [6.07, 6.45) is 6.22. The average Bonchev–Trinajstić information content (AvgIpc) is 3.25. The summed E-state index contributed by atoms with van der Waals surface area (Å²) in [4.78, 5) is 24.9. The molecule has 29 heavy (non-hydrogen) atoms. The number of aryl methyl sites for hydroxylation is 1. The fourth-order valence-electron chi connectivity index (χ4n) is 4.24. The number of hydrogen-bond acceptors (Lipinski definition) is 6. The molecule has 1 saturated carbocycles. The van der Waals surface area contributed by atoms with Crippen LogP contribution in [0.25, 0.3) is 11.1 Å². The van der Waals surface area contributed by atoms with Crippen molar-refractivity contribution in [1.29, 1.82) is 5.41 Å². The van der Waals surface area contributed by atoms with Crippen LogP contribution in [0.3, 0.4) is 0 Å². The summed E-state index contributed by atoms with van der Waals surface area (Å²) in [5.41, 5.74) is 7.61. The molecule has 1 aliphatic carbocycles. The Bertz CT molecular complexity index is 1060. The first-order chi connectivity index (χ1) is 13.9. The van der Waals surface area contributed by atoms with Gasteiger partial charge in [-0.3, -0.25) is 9.59 Å². The van der Waals surface area contributed by atoms with Gasteiger partial charge in [0, 0.05) is 51.0 Å². The van der Waals surface area contributed by atoms with Gasteiger partial charge in [0.25, 0.3) is 11.5 Å². The summed E-state index contributed by atoms with van der Waals surface area (Å²) in [5.74, 6) is 1.04. The number of ether oxygens (including phenoxy) is 2. The number of aromatic nitrogens is 1. The SMILES string of the molecule is COc1cc2c(c(-c3cn(C)c(=O)c(N)c3C=N)c1)OC(C1CCCC1)C(=O)N2.[HH].[HH]. The fraction of sp³-hybridized carbons (Fsp3) is 0.381. The van der Waals surface area contributed by atoms with Crippen molar-refractivity contribution in [2.24, 2.45) is 13.0 Å². The summed E-state index contributed by atoms with van der Waals surface area (Å²) < 4.78 is 13.0. The minimum absolute atomic E-state index is 0. The van der Waals surface area contributed by atoms with Crippen molar-refractivity contribution < 1.29 is 17.1 Å². The number of nitrogen functional groups attached to an aromatic ring is 1. The minimum atomic E-state index is -0.564. The molecule has 1 fully saturated rings. The molecule has 0 saturated heterocycles. The third-order valence-electron chi connectivity index (χ3n) is 5.78. The average molecular weight is 400 g/mol. The monoisotopic (exact) mass is 400 g/mol. The number of carbonyl (C=O) groups excluding carboxylic acids is 1. The van der Waals surface area contributed by atoms with E-state index in [1.807, 2.05) is 0 Å². The molecule has 8 heteroatoms. The molecule has 2 aromatic rings. The molecule has 156 valence electrons. The van der Waals surface area contributed by atoms with Crippen LogP contribution in [0.5, 0.6) is 11.5 Å². The Labute approximate surface area is 171 Å². The Morgan fingerprint density at radius 2 is 2.03 bits per heavy atom. The van der Waals surface area contributed by atoms with E-state index < -0.39 is 6.10 Å². The zero-order valence-corrected chi connectivity index (χ0v) is 16.5. The van der Waals surface area contributed by atoms with Crippen molar-refractivity contribution in [3.8, 4) is 22.6 Å². The number of carbonyl (C=O) groups is 1. The van der Waals surface area contributed by atoms with Crippen LogP contribution in [0.1, 0.15) is 34.1 Å². The first kappa shape index (κ1) is 19.0. The number of nitrogens with one attached hydrogen (secondary N) is 2. The maximum atomic E-state index is 12.7. The van der Waals surface area contributed by atoms with Crippen LogP contribution in [0.2, 0.25) is 0 Å². The highest BCUT2D eigenvalue weighted by atomic mass is 16.5. The van der Waals surface area contributed by atoms with Gasteiger partial charge in [0.2, 0.25) is 0 Å². The normalized spacial score (nSPS) is 18.7. The first-order valence-corrected chi connectivity index (χ1v) is 9.64. The Hall–Kier alpha value is -3.29. The number of methoxy groups -OCH3 is 1. The van der Waals surface area contributed by atoms with Gasteiger partial charge < -0.3 is 30.5 Å². The van der Waals surface area contributed by atoms with Gasteiger partial charge in [0.1, 0.15) is 11.4 Å². The number of nitrogens with two attached hydrogens (primary N) is 1. The van der Waals surface area contributed by atoms with E-state index in [1.165, 1.54) is 11.7 Å². The van der Waals surface area contributed by atoms with Crippen LogP contribution < -0.4 is 26.1 Å². The fourth-order valence-corrected chi connectivity index (χ4v) is 4.24. The van der Waals surface area contributed by atoms with Crippen LogP contribution in [0.15, 0.2) is 23.1 Å². The predicted molar refractivity (Wildman–Crippen MR) is 115 cm³/mol. The molecule has 0 radical (unpaired) electrons. The number of amides is 1. The molecule has 1 aromatic heterocycles. The molecule has 1 atom stereocenters. The topological polar surface area (TPSA) is 119 Å². The highest BCUT2D eigenvalue weighted by Crippen LogP contribution is 2.45. The quantitative estimate of drug-likeness (QED) is 0.682. The summed E-state index contributed by atoms with van der Waals surface area (Å²) in [5, 5.41) is 10.7. The smallest absolute Gasteiger partial charge is 0.274 e. The van der Waals surface area contributed by atoms with E-state index in [2.05, 4.69) is 5.32 Å². The zero-order chi connectivity index (χ0) is 20.7. The summed E-state index contributed by atoms with van der Waals surface area (Å²) in [6, 6.07) is 3.48. The van der Waals surface area contributed by atoms with Crippen molar-refractivity contribution in [2.45, 2.75) is 31.8 Å². The molecule has 4 N–H and O–H groups in total. The lowest BCUT2D eigenvalue weighted by molar-refractivity contribution is -0.125. The second-order valence-corrected chi connectivity index (χ2v) is 7.55. The zero-order valence-electron chi connectivity index (χ0n) is 16.5. The Balaban J connectivity index is 0.00000171. The van der Waals surface area contributed by atoms with Crippen LogP contribution in [-0.4, -0.2) is 29.9 Å². The van der Waals surface area contributed by atoms with Crippen molar-refractivity contribution >= 4 is 23.5 Å². The summed E-state index contributed by atoms with van der Waals surface area (Å²) in [7, 11) is 3.14. The van der Waals surface area contributed by atoms with E-state index in [1.54, 1.807) is 25.4 Å². The van der Waals surface area contributed by atoms with Crippen molar-refractivity contribution in [2.75, 3.05) is 18.2 Å². The van der Waals surface area contributed by atoms with Gasteiger partial charge in [-0.1, -0.05) is 12.8 Å². The number of hydrogen-bond donors (Lipinski definition) is 3. The van der Waals surface area contributed by atoms with Crippen molar-refractivity contribution in [3.63, 3.8) is 0 Å². The van der Waals surface area contributed by atoms with Gasteiger partial charge in [0.05, 0.1) is 12.8 Å². The van der Waals surface area contributed by atoms with Gasteiger partial charge in [-0.05, 0) is 18.9 Å². The van der Waals surface area contributed by atoms with E-state index in [0.29, 0.717) is 33.9 Å². The van der Waals surface area contributed by atoms with Gasteiger partial charge in [0.15, 0.2) is 11.9 Å². The molecule has 2 heterocycles. The van der Waals surface area contributed by atoms with Gasteiger partial charge >= 0.3 is 0 Å². The van der Waals surface area contributed by atoms with E-state index >= 15 is 0 Å². The van der Waals surface area contributed by atoms with E-state index in [4.69, 9.17) is 20.6 Å². The molecule has 8 nitrogen and oxygen atoms in total. The predicted octanol–water partition coefficient (Wildman–Crippen LogP) is 3.02. The molecular formula is C21H28N4O4. The maximum absolute atomic E-state index is 12.7. The third kappa shape index (κ3) is 3.14. The number of anilines is 2. The largest absolute Gasteiger partial charge is 0.497 e. The highest BCUT2D eigenvalue weighted by molar-refractivity contribution is 6.02. The molecule has 1 aromatic carbocycles. The lowest BCUT2D eigenvalue weighted by atomic mass is 9.95. The number of fused-ring (bicyclic) bond motifs is 1. The summed E-state index contributed by atoms with van der Waals surface area (Å²) in [6.45, 7) is 0. The maximum Gasteiger partial charge on any atom is 0.274 e. The molecule has 4 rings (SSSR count). The molecule has 2 aliphatic rings. The second-order valence-electron chi connectivity index (χ2n) is 7.55. The lowest BCUT2D eigenvalue weighted by Gasteiger charge is -2.31. The molecule has 0 spiro atoms. The Morgan fingerprint density at radius 1 is 1.31 bits per heavy atom. The molecular weight excluding hydrogens is 372 g/mol. The molecule has 1 unspecified atom stereocenters. The van der Waals surface area contributed by atoms with Gasteiger partial charge in [-0.2, -0.15) is 0 Å². The Kier molecular flexibility index (Phi) is 4.77. The third-order valence-corrected chi connectivity index (χ3v) is 5.78. The standard InChI is InChI=1S/C21H24N4O4.2H2/c1-25-10-15(14(9-22)17(23)21(25)27)13-7-12(28-2)8-16-19(13)29-18(20(26)24-16)11-5-3-4-6-11;;/h7-11,18,22H,3-6,23H2,1-2H3,(H,24,26);2*1H. The van der Waals surface area contributed by atoms with Crippen molar-refractivity contribution in [1.82, 2.24) is 4.57 Å². The van der Waals surface area contributed by atoms with E-state index in [0.717, 1.165) is 31.9 Å². The molecule has 0 bridgehead atoms. The Morgan fingerprint density at radius 3 is 2.69 bits per heavy atom. The highest BCUT2D eigenvalue weighted by Gasteiger charge is 2.37. The molecule has 1 aliphatic heterocycles. The summed E-state index contributed by atoms with van der Waals surface area (Å²) >= 11 is 0. The lowest BCUT2D eigenvalue weighted by Crippen LogP contribution is -2.41. The number of rotatable bonds is 4. The van der Waals surface area contributed by atoms with Crippen LogP contribution in [0.4, 0.5) is 11.4 Å². The minimum Gasteiger partial charge on any atom is -0.497 e. The van der Waals surface area contributed by atoms with Gasteiger partial charge in [-0.25, -0.2) is 0 Å². The van der Waals surface area contributed by atoms with E-state index in [-0.39, 0.29) is 25.9 Å². The number of benzene rings is 1. The van der Waals surface area contributed by atoms with Crippen molar-refractivity contribution in [3.05, 3.63) is 34.2 Å². The second kappa shape index (κ2) is 7.27. The van der Waals surface area contributed by atoms with Gasteiger partial charge in [-0.15, -0.1) is 0 Å². The first-order valence-electron chi connectivity index (χ1n) is 9.64. The number of pyridine rings is 1. The van der Waals surface area contributed by atoms with Crippen LogP contribution in [-0.2, 0) is 11.8 Å². The van der Waals surface area contributed by atoms with Crippen LogP contribution >= 0.6 is 0 Å². The van der Waals surface area contributed by atoms with E-state index in [9.17, 15) is 9.59 Å². The van der Waals surface area contributed by atoms with Crippen LogP contribution in [0, 0.1) is 11.3 Å².